The second-order valence-electron chi connectivity index (χ2n) is 4.77. The second-order valence-corrected chi connectivity index (χ2v) is 5.71. The first-order valence-corrected chi connectivity index (χ1v) is 8.13. The largest absolute Gasteiger partial charge is 0.343 e. The van der Waals surface area contributed by atoms with Crippen LogP contribution in [0.15, 0.2) is 5.16 Å². The average molecular weight is 298 g/mol. The van der Waals surface area contributed by atoms with Gasteiger partial charge in [0.25, 0.3) is 0 Å². The monoisotopic (exact) mass is 298 g/mol. The lowest BCUT2D eigenvalue weighted by Gasteiger charge is -2.17. The van der Waals surface area contributed by atoms with Crippen molar-refractivity contribution in [2.45, 2.75) is 44.4 Å². The quantitative estimate of drug-likeness (QED) is 0.665. The highest BCUT2D eigenvalue weighted by Crippen LogP contribution is 2.18. The zero-order chi connectivity index (χ0) is 14.4. The molecule has 8 heteroatoms. The van der Waals surface area contributed by atoms with Gasteiger partial charge >= 0.3 is 0 Å². The minimum Gasteiger partial charge on any atom is -0.343 e. The lowest BCUT2D eigenvalue weighted by atomic mass is 10.5. The lowest BCUT2D eigenvalue weighted by molar-refractivity contribution is -0.127. The van der Waals surface area contributed by atoms with Gasteiger partial charge in [0.1, 0.15) is 0 Å². The van der Waals surface area contributed by atoms with Crippen molar-refractivity contribution in [3.8, 4) is 0 Å². The van der Waals surface area contributed by atoms with Gasteiger partial charge in [0.15, 0.2) is 0 Å². The van der Waals surface area contributed by atoms with Gasteiger partial charge in [-0.2, -0.15) is 0 Å². The minimum atomic E-state index is 0.130. The summed E-state index contributed by atoms with van der Waals surface area (Å²) >= 11 is 1.40. The van der Waals surface area contributed by atoms with Crippen LogP contribution in [0.5, 0.6) is 0 Å². The van der Waals surface area contributed by atoms with Gasteiger partial charge in [0, 0.05) is 25.7 Å². The Hall–Kier alpha value is -1.15. The zero-order valence-electron chi connectivity index (χ0n) is 12.1. The smallest absolute Gasteiger partial charge is 0.233 e. The summed E-state index contributed by atoms with van der Waals surface area (Å²) in [5.74, 6) is 0.517. The van der Waals surface area contributed by atoms with E-state index in [2.05, 4.69) is 20.8 Å². The summed E-state index contributed by atoms with van der Waals surface area (Å²) in [6.07, 6.45) is 2.55. The van der Waals surface area contributed by atoms with Crippen molar-refractivity contribution in [2.75, 3.05) is 25.4 Å². The first kappa shape index (κ1) is 15.2. The molecule has 1 aliphatic rings. The Bertz CT molecular complexity index is 429. The van der Waals surface area contributed by atoms with E-state index < -0.39 is 0 Å². The number of rotatable bonds is 9. The van der Waals surface area contributed by atoms with E-state index in [1.807, 2.05) is 18.7 Å². The van der Waals surface area contributed by atoms with Crippen LogP contribution in [0, 0.1) is 0 Å². The number of hydrogen-bond acceptors (Lipinski definition) is 6. The summed E-state index contributed by atoms with van der Waals surface area (Å²) in [4.78, 5) is 13.8. The van der Waals surface area contributed by atoms with E-state index in [4.69, 9.17) is 0 Å². The average Bonchev–Trinajstić information content (AvgIpc) is 3.16. The maximum Gasteiger partial charge on any atom is 0.233 e. The Balaban J connectivity index is 1.76. The molecular weight excluding hydrogens is 276 g/mol. The Kier molecular flexibility index (Phi) is 5.78. The topological polar surface area (TPSA) is 75.9 Å². The van der Waals surface area contributed by atoms with Gasteiger partial charge < -0.3 is 10.2 Å². The van der Waals surface area contributed by atoms with Gasteiger partial charge in [-0.3, -0.25) is 4.79 Å². The van der Waals surface area contributed by atoms with E-state index >= 15 is 0 Å². The first-order chi connectivity index (χ1) is 9.74. The van der Waals surface area contributed by atoms with Crippen LogP contribution >= 0.6 is 11.8 Å². The van der Waals surface area contributed by atoms with Crippen molar-refractivity contribution in [3.05, 3.63) is 0 Å². The predicted molar refractivity (Wildman–Crippen MR) is 77.5 cm³/mol. The molecule has 7 nitrogen and oxygen atoms in total. The SMILES string of the molecule is CCN(CC)C(=O)CSc1nnnn1CCNC1CC1. The molecule has 0 bridgehead atoms. The van der Waals surface area contributed by atoms with Crippen molar-refractivity contribution < 1.29 is 4.79 Å². The third-order valence-electron chi connectivity index (χ3n) is 3.27. The van der Waals surface area contributed by atoms with Crippen molar-refractivity contribution in [3.63, 3.8) is 0 Å². The number of thioether (sulfide) groups is 1. The molecule has 0 spiro atoms. The molecule has 1 N–H and O–H groups in total. The van der Waals surface area contributed by atoms with Crippen LogP contribution < -0.4 is 5.32 Å². The molecule has 1 heterocycles. The van der Waals surface area contributed by atoms with Gasteiger partial charge in [-0.15, -0.1) is 5.10 Å². The van der Waals surface area contributed by atoms with E-state index in [1.165, 1.54) is 24.6 Å². The number of carbonyl (C=O) groups is 1. The molecule has 1 fully saturated rings. The molecule has 0 aliphatic heterocycles. The number of nitrogens with one attached hydrogen (secondary N) is 1. The lowest BCUT2D eigenvalue weighted by Crippen LogP contribution is -2.32. The highest BCUT2D eigenvalue weighted by atomic mass is 32.2. The summed E-state index contributed by atoms with van der Waals surface area (Å²) in [5, 5.41) is 15.8. The molecule has 1 aromatic heterocycles. The van der Waals surface area contributed by atoms with Gasteiger partial charge in [0.05, 0.1) is 12.3 Å². The maximum absolute atomic E-state index is 11.9. The Morgan fingerprint density at radius 2 is 2.20 bits per heavy atom. The third kappa shape index (κ3) is 4.45. The second kappa shape index (κ2) is 7.58. The first-order valence-electron chi connectivity index (χ1n) is 7.14. The molecule has 0 radical (unpaired) electrons. The fraction of sp³-hybridized carbons (Fsp3) is 0.833. The van der Waals surface area contributed by atoms with E-state index in [0.29, 0.717) is 17.0 Å². The van der Waals surface area contributed by atoms with Crippen LogP contribution in [-0.4, -0.2) is 62.4 Å². The number of tetrazole rings is 1. The van der Waals surface area contributed by atoms with Crippen LogP contribution in [0.2, 0.25) is 0 Å². The molecule has 1 saturated carbocycles. The van der Waals surface area contributed by atoms with Gasteiger partial charge in [-0.05, 0) is 37.1 Å². The summed E-state index contributed by atoms with van der Waals surface area (Å²) < 4.78 is 1.76. The molecule has 20 heavy (non-hydrogen) atoms. The number of aromatic nitrogens is 4. The normalized spacial score (nSPS) is 14.5. The summed E-state index contributed by atoms with van der Waals surface area (Å²) in [7, 11) is 0. The summed E-state index contributed by atoms with van der Waals surface area (Å²) in [6.45, 7) is 7.07. The van der Waals surface area contributed by atoms with Crippen molar-refractivity contribution in [1.29, 1.82) is 0 Å². The van der Waals surface area contributed by atoms with Gasteiger partial charge in [-0.1, -0.05) is 11.8 Å². The third-order valence-corrected chi connectivity index (χ3v) is 4.22. The van der Waals surface area contributed by atoms with E-state index in [9.17, 15) is 4.79 Å². The van der Waals surface area contributed by atoms with Gasteiger partial charge in [-0.25, -0.2) is 4.68 Å². The molecule has 1 aromatic rings. The Morgan fingerprint density at radius 1 is 1.45 bits per heavy atom. The molecule has 1 aliphatic carbocycles. The summed E-state index contributed by atoms with van der Waals surface area (Å²) in [5.41, 5.74) is 0. The molecule has 0 saturated heterocycles. The van der Waals surface area contributed by atoms with Crippen LogP contribution in [0.1, 0.15) is 26.7 Å². The number of hydrogen-bond donors (Lipinski definition) is 1. The van der Waals surface area contributed by atoms with Gasteiger partial charge in [0.2, 0.25) is 11.1 Å². The van der Waals surface area contributed by atoms with Crippen molar-refractivity contribution >= 4 is 17.7 Å². The van der Waals surface area contributed by atoms with Crippen molar-refractivity contribution in [1.82, 2.24) is 30.4 Å². The molecule has 0 atom stereocenters. The van der Waals surface area contributed by atoms with Crippen LogP contribution in [0.4, 0.5) is 0 Å². The van der Waals surface area contributed by atoms with E-state index in [1.54, 1.807) is 4.68 Å². The number of nitrogens with zero attached hydrogens (tertiary/aromatic N) is 5. The zero-order valence-corrected chi connectivity index (χ0v) is 12.9. The minimum absolute atomic E-state index is 0.130. The highest BCUT2D eigenvalue weighted by molar-refractivity contribution is 7.99. The van der Waals surface area contributed by atoms with Crippen LogP contribution in [-0.2, 0) is 11.3 Å². The molecule has 0 aromatic carbocycles. The molecule has 0 unspecified atom stereocenters. The Labute approximate surface area is 123 Å². The fourth-order valence-corrected chi connectivity index (χ4v) is 2.70. The molecule has 2 rings (SSSR count). The van der Waals surface area contributed by atoms with Crippen molar-refractivity contribution in [2.24, 2.45) is 0 Å². The molecule has 112 valence electrons. The highest BCUT2D eigenvalue weighted by Gasteiger charge is 2.20. The molecule has 1 amide bonds. The fourth-order valence-electron chi connectivity index (χ4n) is 1.90. The van der Waals surface area contributed by atoms with Crippen LogP contribution in [0.3, 0.4) is 0 Å². The summed E-state index contributed by atoms with van der Waals surface area (Å²) in [6, 6.07) is 0.687. The van der Waals surface area contributed by atoms with E-state index in [0.717, 1.165) is 26.2 Å². The van der Waals surface area contributed by atoms with Crippen LogP contribution in [0.25, 0.3) is 0 Å². The molecular formula is C12H22N6OS. The maximum atomic E-state index is 11.9. The standard InChI is InChI=1S/C12H22N6OS/c1-3-17(4-2)11(19)9-20-12-14-15-16-18(12)8-7-13-10-5-6-10/h10,13H,3-9H2,1-2H3. The Morgan fingerprint density at radius 3 is 2.85 bits per heavy atom. The number of amides is 1. The predicted octanol–water partition coefficient (Wildman–Crippen LogP) is 0.386. The number of carbonyl (C=O) groups excluding carboxylic acids is 1. The van der Waals surface area contributed by atoms with E-state index in [-0.39, 0.29) is 5.91 Å².